The molecule has 162 valence electrons. The summed E-state index contributed by atoms with van der Waals surface area (Å²) in [4.78, 5) is 6.42. The first-order valence-corrected chi connectivity index (χ1v) is 11.7. The van der Waals surface area contributed by atoms with Gasteiger partial charge in [0, 0.05) is 35.8 Å². The van der Waals surface area contributed by atoms with Crippen molar-refractivity contribution in [2.75, 3.05) is 18.0 Å². The topological polar surface area (TPSA) is 16.1 Å². The summed E-state index contributed by atoms with van der Waals surface area (Å²) in [6.07, 6.45) is 0.0419. The van der Waals surface area contributed by atoms with Crippen LogP contribution in [0.1, 0.15) is 43.7 Å². The fraction of sp³-hybridized carbons (Fsp3) is 0.320. The third-order valence-corrected chi connectivity index (χ3v) is 7.05. The van der Waals surface area contributed by atoms with Gasteiger partial charge in [-0.15, -0.1) is 11.8 Å². The molecule has 2 nitrogen and oxygen atoms in total. The van der Waals surface area contributed by atoms with Crippen LogP contribution >= 0.6 is 23.4 Å². The van der Waals surface area contributed by atoms with Crippen molar-refractivity contribution in [2.45, 2.75) is 42.9 Å². The van der Waals surface area contributed by atoms with Crippen molar-refractivity contribution < 1.29 is 8.78 Å². The van der Waals surface area contributed by atoms with Crippen molar-refractivity contribution in [1.29, 1.82) is 0 Å². The van der Waals surface area contributed by atoms with Gasteiger partial charge in [0.1, 0.15) is 0 Å². The minimum Gasteiger partial charge on any atom is -0.370 e. The van der Waals surface area contributed by atoms with Gasteiger partial charge in [-0.1, -0.05) is 55.8 Å². The molecule has 1 fully saturated rings. The van der Waals surface area contributed by atoms with Crippen LogP contribution in [0.2, 0.25) is 5.02 Å². The number of hydrogen-bond acceptors (Lipinski definition) is 3. The maximum atomic E-state index is 14.1. The van der Waals surface area contributed by atoms with Crippen LogP contribution in [0.4, 0.5) is 14.5 Å². The SMILES string of the molecule is CC(C)c1ccccc1-c1ccc(N2CC[C@H](Sc3ccc(Cl)cn3)C2)c(C(F)F)c1. The number of halogens is 3. The molecule has 1 aromatic heterocycles. The zero-order chi connectivity index (χ0) is 22.0. The molecule has 2 heterocycles. The van der Waals surface area contributed by atoms with Gasteiger partial charge in [-0.25, -0.2) is 13.8 Å². The fourth-order valence-electron chi connectivity index (χ4n) is 4.09. The zero-order valence-corrected chi connectivity index (χ0v) is 19.1. The smallest absolute Gasteiger partial charge is 0.265 e. The highest BCUT2D eigenvalue weighted by atomic mass is 35.5. The number of nitrogens with zero attached hydrogens (tertiary/aromatic N) is 2. The summed E-state index contributed by atoms with van der Waals surface area (Å²) in [7, 11) is 0. The van der Waals surface area contributed by atoms with Gasteiger partial charge in [0.2, 0.25) is 0 Å². The van der Waals surface area contributed by atoms with Gasteiger partial charge in [-0.05, 0) is 53.3 Å². The zero-order valence-electron chi connectivity index (χ0n) is 17.6. The molecule has 0 N–H and O–H groups in total. The number of benzene rings is 2. The lowest BCUT2D eigenvalue weighted by molar-refractivity contribution is 0.152. The van der Waals surface area contributed by atoms with Crippen LogP contribution in [-0.4, -0.2) is 23.3 Å². The Kier molecular flexibility index (Phi) is 6.83. The lowest BCUT2D eigenvalue weighted by Crippen LogP contribution is -2.21. The van der Waals surface area contributed by atoms with Gasteiger partial charge in [0.25, 0.3) is 6.43 Å². The number of hydrogen-bond donors (Lipinski definition) is 0. The first-order chi connectivity index (χ1) is 14.9. The molecule has 31 heavy (non-hydrogen) atoms. The Hall–Kier alpha value is -2.11. The predicted molar refractivity (Wildman–Crippen MR) is 127 cm³/mol. The van der Waals surface area contributed by atoms with E-state index < -0.39 is 6.43 Å². The van der Waals surface area contributed by atoms with Crippen molar-refractivity contribution in [1.82, 2.24) is 4.98 Å². The van der Waals surface area contributed by atoms with Crippen LogP contribution in [-0.2, 0) is 0 Å². The standard InChI is InChI=1S/C25H25ClF2N2S/c1-16(2)20-5-3-4-6-21(20)17-7-9-23(22(13-17)25(27)28)30-12-11-19(15-30)31-24-10-8-18(26)14-29-24/h3-10,13-14,16,19,25H,11-12,15H2,1-2H3/t19-/m0/s1. The van der Waals surface area contributed by atoms with Crippen LogP contribution in [0.3, 0.4) is 0 Å². The molecule has 1 saturated heterocycles. The van der Waals surface area contributed by atoms with E-state index in [1.165, 1.54) is 5.56 Å². The Morgan fingerprint density at radius 3 is 2.58 bits per heavy atom. The Morgan fingerprint density at radius 2 is 1.87 bits per heavy atom. The molecule has 1 aliphatic heterocycles. The van der Waals surface area contributed by atoms with E-state index >= 15 is 0 Å². The van der Waals surface area contributed by atoms with Crippen LogP contribution in [0.25, 0.3) is 11.1 Å². The van der Waals surface area contributed by atoms with E-state index in [4.69, 9.17) is 11.6 Å². The molecule has 0 aliphatic carbocycles. The van der Waals surface area contributed by atoms with Crippen molar-refractivity contribution in [3.63, 3.8) is 0 Å². The van der Waals surface area contributed by atoms with Crippen molar-refractivity contribution >= 4 is 29.1 Å². The van der Waals surface area contributed by atoms with E-state index in [9.17, 15) is 8.78 Å². The molecule has 1 aliphatic rings. The maximum absolute atomic E-state index is 14.1. The van der Waals surface area contributed by atoms with Crippen LogP contribution < -0.4 is 4.90 Å². The lowest BCUT2D eigenvalue weighted by atomic mass is 9.91. The van der Waals surface area contributed by atoms with Gasteiger partial charge >= 0.3 is 0 Å². The number of rotatable bonds is 6. The van der Waals surface area contributed by atoms with E-state index in [1.54, 1.807) is 24.0 Å². The highest BCUT2D eigenvalue weighted by molar-refractivity contribution is 7.99. The minimum absolute atomic E-state index is 0.103. The molecule has 0 amide bonds. The minimum atomic E-state index is -2.52. The molecule has 6 heteroatoms. The molecule has 4 rings (SSSR count). The normalized spacial score (nSPS) is 16.5. The number of anilines is 1. The molecular weight excluding hydrogens is 434 g/mol. The van der Waals surface area contributed by atoms with E-state index in [0.717, 1.165) is 35.7 Å². The van der Waals surface area contributed by atoms with Crippen LogP contribution in [0.15, 0.2) is 65.8 Å². The van der Waals surface area contributed by atoms with Gasteiger partial charge < -0.3 is 4.90 Å². The largest absolute Gasteiger partial charge is 0.370 e. The first kappa shape index (κ1) is 22.1. The molecule has 2 aromatic carbocycles. The number of thioether (sulfide) groups is 1. The summed E-state index contributed by atoms with van der Waals surface area (Å²) in [6, 6.07) is 17.3. The van der Waals surface area contributed by atoms with E-state index in [1.807, 2.05) is 42.5 Å². The monoisotopic (exact) mass is 458 g/mol. The Morgan fingerprint density at radius 1 is 1.06 bits per heavy atom. The number of pyridine rings is 1. The average Bonchev–Trinajstić information content (AvgIpc) is 3.23. The summed E-state index contributed by atoms with van der Waals surface area (Å²) in [5.41, 5.74) is 3.77. The average molecular weight is 459 g/mol. The Labute approximate surface area is 191 Å². The first-order valence-electron chi connectivity index (χ1n) is 10.5. The maximum Gasteiger partial charge on any atom is 0.265 e. The molecule has 0 saturated carbocycles. The summed E-state index contributed by atoms with van der Waals surface area (Å²) < 4.78 is 28.1. The van der Waals surface area contributed by atoms with Crippen molar-refractivity contribution in [3.05, 3.63) is 76.9 Å². The Bertz CT molecular complexity index is 1040. The predicted octanol–water partition coefficient (Wildman–Crippen LogP) is 7.83. The molecule has 3 aromatic rings. The molecule has 0 spiro atoms. The van der Waals surface area contributed by atoms with Crippen LogP contribution in [0.5, 0.6) is 0 Å². The van der Waals surface area contributed by atoms with Gasteiger partial charge in [0.05, 0.1) is 10.0 Å². The van der Waals surface area contributed by atoms with Gasteiger partial charge in [-0.2, -0.15) is 0 Å². The third-order valence-electron chi connectivity index (χ3n) is 5.63. The van der Waals surface area contributed by atoms with E-state index in [-0.39, 0.29) is 5.56 Å². The van der Waals surface area contributed by atoms with Crippen molar-refractivity contribution in [2.24, 2.45) is 0 Å². The molecule has 1 atom stereocenters. The lowest BCUT2D eigenvalue weighted by Gasteiger charge is -2.23. The summed E-state index contributed by atoms with van der Waals surface area (Å²) in [6.45, 7) is 5.72. The molecule has 0 unspecified atom stereocenters. The highest BCUT2D eigenvalue weighted by Crippen LogP contribution is 2.39. The fourth-order valence-corrected chi connectivity index (χ4v) is 5.29. The molecule has 0 radical (unpaired) electrons. The summed E-state index contributed by atoms with van der Waals surface area (Å²) >= 11 is 7.59. The van der Waals surface area contributed by atoms with Gasteiger partial charge in [0.15, 0.2) is 0 Å². The third kappa shape index (κ3) is 5.04. The highest BCUT2D eigenvalue weighted by Gasteiger charge is 2.27. The molecule has 0 bridgehead atoms. The summed E-state index contributed by atoms with van der Waals surface area (Å²) in [5.74, 6) is 0.323. The van der Waals surface area contributed by atoms with Crippen LogP contribution in [0, 0.1) is 0 Å². The molecular formula is C25H25ClF2N2S. The van der Waals surface area contributed by atoms with E-state index in [2.05, 4.69) is 29.8 Å². The summed E-state index contributed by atoms with van der Waals surface area (Å²) in [5, 5.41) is 1.82. The number of alkyl halides is 2. The second kappa shape index (κ2) is 9.58. The number of aromatic nitrogens is 1. The Balaban J connectivity index is 1.57. The van der Waals surface area contributed by atoms with Crippen molar-refractivity contribution in [3.8, 4) is 11.1 Å². The second-order valence-electron chi connectivity index (χ2n) is 8.11. The van der Waals surface area contributed by atoms with Gasteiger partial charge in [-0.3, -0.25) is 0 Å². The second-order valence-corrected chi connectivity index (χ2v) is 9.86. The quantitative estimate of drug-likeness (QED) is 0.374. The van der Waals surface area contributed by atoms with E-state index in [0.29, 0.717) is 21.9 Å².